The van der Waals surface area contributed by atoms with E-state index in [9.17, 15) is 9.90 Å². The largest absolute Gasteiger partial charge is 0.480 e. The van der Waals surface area contributed by atoms with Gasteiger partial charge in [-0.05, 0) is 47.2 Å². The average Bonchev–Trinajstić information content (AvgIpc) is 2.30. The summed E-state index contributed by atoms with van der Waals surface area (Å²) >= 11 is 0. The van der Waals surface area contributed by atoms with E-state index in [0.717, 1.165) is 32.7 Å². The molecule has 2 N–H and O–H groups in total. The lowest BCUT2D eigenvalue weighted by Gasteiger charge is -2.42. The van der Waals surface area contributed by atoms with Crippen LogP contribution >= 0.6 is 0 Å². The Hall–Kier alpha value is -0.650. The van der Waals surface area contributed by atoms with E-state index in [0.29, 0.717) is 6.42 Å². The number of rotatable bonds is 6. The van der Waals surface area contributed by atoms with Gasteiger partial charge in [-0.2, -0.15) is 0 Å². The molecule has 18 heavy (non-hydrogen) atoms. The molecule has 0 aromatic carbocycles. The quantitative estimate of drug-likeness (QED) is 0.742. The minimum Gasteiger partial charge on any atom is -0.480 e. The number of hydrogen-bond donors (Lipinski definition) is 2. The van der Waals surface area contributed by atoms with Gasteiger partial charge in [-0.25, -0.2) is 0 Å². The summed E-state index contributed by atoms with van der Waals surface area (Å²) in [5, 5.41) is 12.1. The Morgan fingerprint density at radius 2 is 2.22 bits per heavy atom. The van der Waals surface area contributed by atoms with E-state index in [1.807, 2.05) is 0 Å². The van der Waals surface area contributed by atoms with Crippen LogP contribution in [0.4, 0.5) is 0 Å². The number of ether oxygens (including phenoxy) is 1. The molecule has 1 aliphatic heterocycles. The summed E-state index contributed by atoms with van der Waals surface area (Å²) in [6, 6.07) is 0. The lowest BCUT2D eigenvalue weighted by molar-refractivity contribution is -0.144. The van der Waals surface area contributed by atoms with E-state index < -0.39 is 11.5 Å². The lowest BCUT2D eigenvalue weighted by atomic mass is 9.95. The van der Waals surface area contributed by atoms with Crippen molar-refractivity contribution in [2.45, 2.75) is 44.7 Å². The Morgan fingerprint density at radius 3 is 2.72 bits per heavy atom. The highest BCUT2D eigenvalue weighted by molar-refractivity contribution is 5.78. The molecule has 0 aliphatic carbocycles. The number of nitrogens with zero attached hydrogens (tertiary/aromatic N) is 1. The third kappa shape index (κ3) is 3.67. The van der Waals surface area contributed by atoms with Crippen LogP contribution in [0.15, 0.2) is 0 Å². The maximum atomic E-state index is 11.2. The van der Waals surface area contributed by atoms with Crippen LogP contribution in [0.2, 0.25) is 0 Å². The standard InChI is InChI=1S/C13H26N2O3/c1-12(2)10-18-9-8-15(12)7-5-6-13(3,14-4)11(16)17/h14H,5-10H2,1-4H3,(H,16,17). The van der Waals surface area contributed by atoms with Crippen molar-refractivity contribution in [3.05, 3.63) is 0 Å². The van der Waals surface area contributed by atoms with Crippen LogP contribution in [-0.2, 0) is 9.53 Å². The van der Waals surface area contributed by atoms with Gasteiger partial charge in [-0.15, -0.1) is 0 Å². The summed E-state index contributed by atoms with van der Waals surface area (Å²) in [7, 11) is 1.70. The molecule has 1 fully saturated rings. The third-order valence-corrected chi connectivity index (χ3v) is 3.95. The van der Waals surface area contributed by atoms with E-state index in [2.05, 4.69) is 24.1 Å². The monoisotopic (exact) mass is 258 g/mol. The Kier molecular flexibility index (Phi) is 5.13. The number of likely N-dealkylation sites (N-methyl/N-ethyl adjacent to an activating group) is 1. The van der Waals surface area contributed by atoms with Gasteiger partial charge in [0.2, 0.25) is 0 Å². The molecule has 0 amide bonds. The Balaban J connectivity index is 2.43. The van der Waals surface area contributed by atoms with Crippen molar-refractivity contribution in [2.24, 2.45) is 0 Å². The van der Waals surface area contributed by atoms with Gasteiger partial charge in [0.15, 0.2) is 0 Å². The lowest BCUT2D eigenvalue weighted by Crippen LogP contribution is -2.54. The molecule has 0 spiro atoms. The van der Waals surface area contributed by atoms with Crippen LogP contribution < -0.4 is 5.32 Å². The highest BCUT2D eigenvalue weighted by atomic mass is 16.5. The van der Waals surface area contributed by atoms with Crippen LogP contribution in [0, 0.1) is 0 Å². The van der Waals surface area contributed by atoms with Gasteiger partial charge in [-0.1, -0.05) is 0 Å². The maximum absolute atomic E-state index is 11.2. The van der Waals surface area contributed by atoms with Crippen LogP contribution in [-0.4, -0.2) is 60.4 Å². The molecule has 0 aromatic heterocycles. The first-order valence-electron chi connectivity index (χ1n) is 6.57. The zero-order valence-electron chi connectivity index (χ0n) is 12.0. The molecule has 0 radical (unpaired) electrons. The molecule has 0 aromatic rings. The molecular weight excluding hydrogens is 232 g/mol. The van der Waals surface area contributed by atoms with Crippen LogP contribution in [0.5, 0.6) is 0 Å². The van der Waals surface area contributed by atoms with Crippen molar-refractivity contribution in [3.8, 4) is 0 Å². The van der Waals surface area contributed by atoms with Crippen molar-refractivity contribution < 1.29 is 14.6 Å². The smallest absolute Gasteiger partial charge is 0.323 e. The molecule has 1 unspecified atom stereocenters. The fraction of sp³-hybridized carbons (Fsp3) is 0.923. The van der Waals surface area contributed by atoms with Crippen LogP contribution in [0.25, 0.3) is 0 Å². The second-order valence-corrected chi connectivity index (χ2v) is 5.84. The topological polar surface area (TPSA) is 61.8 Å². The zero-order valence-corrected chi connectivity index (χ0v) is 12.0. The number of hydrogen-bond acceptors (Lipinski definition) is 4. The first-order valence-corrected chi connectivity index (χ1v) is 6.57. The van der Waals surface area contributed by atoms with E-state index in [1.165, 1.54) is 0 Å². The Labute approximate surface area is 109 Å². The van der Waals surface area contributed by atoms with Gasteiger partial charge >= 0.3 is 5.97 Å². The molecule has 106 valence electrons. The summed E-state index contributed by atoms with van der Waals surface area (Å²) in [6.07, 6.45) is 1.50. The molecule has 1 heterocycles. The minimum atomic E-state index is -0.823. The molecule has 1 rings (SSSR count). The normalized spacial score (nSPS) is 23.6. The molecule has 1 atom stereocenters. The van der Waals surface area contributed by atoms with Crippen molar-refractivity contribution in [1.29, 1.82) is 0 Å². The predicted molar refractivity (Wildman–Crippen MR) is 70.8 cm³/mol. The van der Waals surface area contributed by atoms with E-state index >= 15 is 0 Å². The van der Waals surface area contributed by atoms with Crippen molar-refractivity contribution in [1.82, 2.24) is 10.2 Å². The summed E-state index contributed by atoms with van der Waals surface area (Å²) in [5.74, 6) is -0.786. The van der Waals surface area contributed by atoms with E-state index in [1.54, 1.807) is 14.0 Å². The van der Waals surface area contributed by atoms with E-state index in [4.69, 9.17) is 4.74 Å². The highest BCUT2D eigenvalue weighted by Gasteiger charge is 2.33. The summed E-state index contributed by atoms with van der Waals surface area (Å²) < 4.78 is 5.47. The molecule has 1 saturated heterocycles. The highest BCUT2D eigenvalue weighted by Crippen LogP contribution is 2.21. The molecule has 0 bridgehead atoms. The second-order valence-electron chi connectivity index (χ2n) is 5.84. The van der Waals surface area contributed by atoms with E-state index in [-0.39, 0.29) is 5.54 Å². The second kappa shape index (κ2) is 5.99. The van der Waals surface area contributed by atoms with Gasteiger partial charge in [0.25, 0.3) is 0 Å². The first-order chi connectivity index (χ1) is 8.32. The number of morpholine rings is 1. The van der Waals surface area contributed by atoms with Crippen LogP contribution in [0.3, 0.4) is 0 Å². The van der Waals surface area contributed by atoms with Gasteiger partial charge in [-0.3, -0.25) is 9.69 Å². The molecule has 5 heteroatoms. The minimum absolute atomic E-state index is 0.0531. The SMILES string of the molecule is CNC(C)(CCCN1CCOCC1(C)C)C(=O)O. The third-order valence-electron chi connectivity index (χ3n) is 3.95. The molecular formula is C13H26N2O3. The van der Waals surface area contributed by atoms with Gasteiger partial charge in [0.1, 0.15) is 5.54 Å². The van der Waals surface area contributed by atoms with Gasteiger partial charge in [0, 0.05) is 12.1 Å². The number of carboxylic acids is 1. The molecule has 5 nitrogen and oxygen atoms in total. The van der Waals surface area contributed by atoms with Crippen LogP contribution in [0.1, 0.15) is 33.6 Å². The van der Waals surface area contributed by atoms with Gasteiger partial charge in [0.05, 0.1) is 13.2 Å². The van der Waals surface area contributed by atoms with Crippen molar-refractivity contribution in [2.75, 3.05) is 33.4 Å². The number of carbonyl (C=O) groups is 1. The Bertz CT molecular complexity index is 294. The summed E-state index contributed by atoms with van der Waals surface area (Å²) in [4.78, 5) is 13.5. The number of aliphatic carboxylic acids is 1. The number of carboxylic acid groups (broad SMARTS) is 1. The zero-order chi connectivity index (χ0) is 13.8. The molecule has 0 saturated carbocycles. The van der Waals surface area contributed by atoms with Gasteiger partial charge < -0.3 is 15.2 Å². The average molecular weight is 258 g/mol. The van der Waals surface area contributed by atoms with Crippen molar-refractivity contribution >= 4 is 5.97 Å². The summed E-state index contributed by atoms with van der Waals surface area (Å²) in [6.45, 7) is 9.43. The number of nitrogens with one attached hydrogen (secondary N) is 1. The fourth-order valence-corrected chi connectivity index (χ4v) is 2.27. The summed E-state index contributed by atoms with van der Waals surface area (Å²) in [5.41, 5.74) is -0.770. The Morgan fingerprint density at radius 1 is 1.56 bits per heavy atom. The maximum Gasteiger partial charge on any atom is 0.323 e. The fourth-order valence-electron chi connectivity index (χ4n) is 2.27. The van der Waals surface area contributed by atoms with Crippen molar-refractivity contribution in [3.63, 3.8) is 0 Å². The first kappa shape index (κ1) is 15.4. The molecule has 1 aliphatic rings. The predicted octanol–water partition coefficient (Wildman–Crippen LogP) is 0.940.